The number of amides is 1. The van der Waals surface area contributed by atoms with Gasteiger partial charge in [0, 0.05) is 12.7 Å². The number of aromatic nitrogens is 1. The zero-order chi connectivity index (χ0) is 15.6. The molecule has 114 valence electrons. The smallest absolute Gasteiger partial charge is 0.224 e. The second-order valence-electron chi connectivity index (χ2n) is 5.81. The molecule has 2 rings (SSSR count). The number of hydrogen-bond acceptors (Lipinski definition) is 2. The van der Waals surface area contributed by atoms with Crippen LogP contribution in [0.15, 0.2) is 28.9 Å². The van der Waals surface area contributed by atoms with Crippen LogP contribution in [-0.2, 0) is 11.2 Å². The molecule has 1 aliphatic carbocycles. The zero-order valence-electron chi connectivity index (χ0n) is 11.9. The molecule has 0 bridgehead atoms. The Bertz CT molecular complexity index is 568. The van der Waals surface area contributed by atoms with E-state index in [1.807, 2.05) is 19.9 Å². The van der Waals surface area contributed by atoms with Crippen LogP contribution in [0.1, 0.15) is 19.4 Å². The molecule has 0 aliphatic heterocycles. The molecule has 0 saturated heterocycles. The van der Waals surface area contributed by atoms with Crippen LogP contribution in [0.25, 0.3) is 0 Å². The standard InChI is InChI=1S/C15H17Cl3N2O/c1-15(2)10(8-11(16)17)13(15)14(21)20-6-4-9-3-5-19-12(18)7-9/h3,5,7-8,10,13H,4,6H2,1-2H3,(H,20,21). The van der Waals surface area contributed by atoms with Crippen molar-refractivity contribution < 1.29 is 4.79 Å². The Labute approximate surface area is 139 Å². The summed E-state index contributed by atoms with van der Waals surface area (Å²) < 4.78 is 0.217. The van der Waals surface area contributed by atoms with Crippen LogP contribution >= 0.6 is 34.8 Å². The van der Waals surface area contributed by atoms with Crippen LogP contribution in [-0.4, -0.2) is 17.4 Å². The first kappa shape index (κ1) is 16.6. The van der Waals surface area contributed by atoms with Crippen molar-refractivity contribution in [1.82, 2.24) is 10.3 Å². The second kappa shape index (κ2) is 6.55. The van der Waals surface area contributed by atoms with E-state index in [-0.39, 0.29) is 27.6 Å². The van der Waals surface area contributed by atoms with Gasteiger partial charge in [-0.2, -0.15) is 0 Å². The predicted molar refractivity (Wildman–Crippen MR) is 86.5 cm³/mol. The maximum atomic E-state index is 12.2. The van der Waals surface area contributed by atoms with Gasteiger partial charge >= 0.3 is 0 Å². The number of carbonyl (C=O) groups is 1. The van der Waals surface area contributed by atoms with Crippen molar-refractivity contribution in [3.8, 4) is 0 Å². The van der Waals surface area contributed by atoms with Gasteiger partial charge in [0.1, 0.15) is 9.64 Å². The largest absolute Gasteiger partial charge is 0.355 e. The summed E-state index contributed by atoms with van der Waals surface area (Å²) in [6.45, 7) is 4.65. The number of nitrogens with one attached hydrogen (secondary N) is 1. The maximum Gasteiger partial charge on any atom is 0.224 e. The van der Waals surface area contributed by atoms with Crippen LogP contribution in [0.4, 0.5) is 0 Å². The number of pyridine rings is 1. The first-order valence-corrected chi connectivity index (χ1v) is 7.86. The monoisotopic (exact) mass is 346 g/mol. The minimum Gasteiger partial charge on any atom is -0.355 e. The molecule has 1 aromatic heterocycles. The first-order chi connectivity index (χ1) is 9.82. The quantitative estimate of drug-likeness (QED) is 0.818. The van der Waals surface area contributed by atoms with Crippen molar-refractivity contribution in [1.29, 1.82) is 0 Å². The highest BCUT2D eigenvalue weighted by molar-refractivity contribution is 6.55. The van der Waals surface area contributed by atoms with E-state index in [1.54, 1.807) is 18.3 Å². The van der Waals surface area contributed by atoms with Crippen LogP contribution in [0.5, 0.6) is 0 Å². The minimum atomic E-state index is -0.0981. The fraction of sp³-hybridized carbons (Fsp3) is 0.467. The Morgan fingerprint density at radius 2 is 2.19 bits per heavy atom. The zero-order valence-corrected chi connectivity index (χ0v) is 14.1. The number of rotatable bonds is 5. The highest BCUT2D eigenvalue weighted by Crippen LogP contribution is 2.59. The van der Waals surface area contributed by atoms with Crippen LogP contribution < -0.4 is 5.32 Å². The molecule has 21 heavy (non-hydrogen) atoms. The summed E-state index contributed by atoms with van der Waals surface area (Å²) in [5.74, 6) is 0.0554. The molecule has 0 spiro atoms. The average Bonchev–Trinajstić information content (AvgIpc) is 2.89. The van der Waals surface area contributed by atoms with Gasteiger partial charge in [0.25, 0.3) is 0 Å². The summed E-state index contributed by atoms with van der Waals surface area (Å²) in [6, 6.07) is 3.69. The van der Waals surface area contributed by atoms with E-state index in [0.717, 1.165) is 12.0 Å². The van der Waals surface area contributed by atoms with Gasteiger partial charge in [-0.05, 0) is 41.5 Å². The Balaban J connectivity index is 1.85. The van der Waals surface area contributed by atoms with Crippen molar-refractivity contribution >= 4 is 40.7 Å². The fourth-order valence-electron chi connectivity index (χ4n) is 2.66. The molecule has 1 aliphatic rings. The van der Waals surface area contributed by atoms with Gasteiger partial charge in [0.15, 0.2) is 0 Å². The van der Waals surface area contributed by atoms with E-state index in [2.05, 4.69) is 10.3 Å². The lowest BCUT2D eigenvalue weighted by Crippen LogP contribution is -2.28. The van der Waals surface area contributed by atoms with Gasteiger partial charge in [0.05, 0.1) is 5.92 Å². The Morgan fingerprint density at radius 3 is 2.81 bits per heavy atom. The summed E-state index contributed by atoms with van der Waals surface area (Å²) >= 11 is 17.2. The molecule has 2 atom stereocenters. The molecule has 1 fully saturated rings. The van der Waals surface area contributed by atoms with Crippen molar-refractivity contribution in [2.45, 2.75) is 20.3 Å². The molecule has 6 heteroatoms. The Kier molecular flexibility index (Phi) is 5.18. The maximum absolute atomic E-state index is 12.2. The second-order valence-corrected chi connectivity index (χ2v) is 7.20. The van der Waals surface area contributed by atoms with E-state index >= 15 is 0 Å². The van der Waals surface area contributed by atoms with Crippen molar-refractivity contribution in [2.75, 3.05) is 6.54 Å². The molecule has 1 aromatic rings. The van der Waals surface area contributed by atoms with Gasteiger partial charge in [0.2, 0.25) is 5.91 Å². The summed E-state index contributed by atoms with van der Waals surface area (Å²) in [7, 11) is 0. The first-order valence-electron chi connectivity index (χ1n) is 6.73. The number of nitrogens with zero attached hydrogens (tertiary/aromatic N) is 1. The number of allylic oxidation sites excluding steroid dienone is 1. The van der Waals surface area contributed by atoms with E-state index in [1.165, 1.54) is 0 Å². The summed E-state index contributed by atoms with van der Waals surface area (Å²) in [4.78, 5) is 16.1. The fourth-order valence-corrected chi connectivity index (χ4v) is 3.13. The van der Waals surface area contributed by atoms with Crippen LogP contribution in [0, 0.1) is 17.3 Å². The highest BCUT2D eigenvalue weighted by atomic mass is 35.5. The highest BCUT2D eigenvalue weighted by Gasteiger charge is 2.60. The van der Waals surface area contributed by atoms with Crippen molar-refractivity contribution in [3.63, 3.8) is 0 Å². The summed E-state index contributed by atoms with van der Waals surface area (Å²) in [5, 5.41) is 3.42. The van der Waals surface area contributed by atoms with E-state index < -0.39 is 0 Å². The average molecular weight is 348 g/mol. The van der Waals surface area contributed by atoms with Gasteiger partial charge in [-0.3, -0.25) is 4.79 Å². The van der Waals surface area contributed by atoms with Crippen LogP contribution in [0.3, 0.4) is 0 Å². The number of hydrogen-bond donors (Lipinski definition) is 1. The summed E-state index contributed by atoms with van der Waals surface area (Å²) in [5.41, 5.74) is 0.949. The van der Waals surface area contributed by atoms with E-state index in [0.29, 0.717) is 11.7 Å². The third-order valence-electron chi connectivity index (χ3n) is 4.00. The topological polar surface area (TPSA) is 42.0 Å². The Morgan fingerprint density at radius 1 is 1.48 bits per heavy atom. The molecule has 1 amide bonds. The molecule has 2 unspecified atom stereocenters. The molecular formula is C15H17Cl3N2O. The lowest BCUT2D eigenvalue weighted by Gasteiger charge is -2.06. The third kappa shape index (κ3) is 4.12. The molecule has 3 nitrogen and oxygen atoms in total. The summed E-state index contributed by atoms with van der Waals surface area (Å²) in [6.07, 6.45) is 4.13. The molecule has 1 saturated carbocycles. The third-order valence-corrected chi connectivity index (χ3v) is 4.46. The van der Waals surface area contributed by atoms with Gasteiger partial charge in [-0.15, -0.1) is 0 Å². The minimum absolute atomic E-state index is 0.0380. The lowest BCUT2D eigenvalue weighted by atomic mass is 10.1. The molecule has 1 heterocycles. The van der Waals surface area contributed by atoms with E-state index in [4.69, 9.17) is 34.8 Å². The molecule has 0 aromatic carbocycles. The van der Waals surface area contributed by atoms with Gasteiger partial charge in [-0.1, -0.05) is 48.7 Å². The van der Waals surface area contributed by atoms with Crippen LogP contribution in [0.2, 0.25) is 5.15 Å². The van der Waals surface area contributed by atoms with Gasteiger partial charge < -0.3 is 5.32 Å². The lowest BCUT2D eigenvalue weighted by molar-refractivity contribution is -0.123. The SMILES string of the molecule is CC1(C)C(C=C(Cl)Cl)C1C(=O)NCCc1ccnc(Cl)c1. The van der Waals surface area contributed by atoms with Gasteiger partial charge in [-0.25, -0.2) is 4.98 Å². The molecular weight excluding hydrogens is 331 g/mol. The van der Waals surface area contributed by atoms with Crippen molar-refractivity contribution in [2.24, 2.45) is 17.3 Å². The molecule has 1 N–H and O–H groups in total. The number of halogens is 3. The Hall–Kier alpha value is -0.770. The van der Waals surface area contributed by atoms with Crippen molar-refractivity contribution in [3.05, 3.63) is 39.6 Å². The van der Waals surface area contributed by atoms with E-state index in [9.17, 15) is 4.79 Å². The normalized spacial score (nSPS) is 22.5. The molecule has 0 radical (unpaired) electrons. The predicted octanol–water partition coefficient (Wildman–Crippen LogP) is 3.98. The number of carbonyl (C=O) groups excluding carboxylic acids is 1.